The van der Waals surface area contributed by atoms with Crippen molar-refractivity contribution in [2.24, 2.45) is 0 Å². The van der Waals surface area contributed by atoms with Gasteiger partial charge in [0.25, 0.3) is 5.91 Å². The second kappa shape index (κ2) is 6.99. The molecular weight excluding hydrogens is 378 g/mol. The van der Waals surface area contributed by atoms with Crippen LogP contribution in [-0.4, -0.2) is 28.9 Å². The first-order valence-electron chi connectivity index (χ1n) is 7.54. The zero-order valence-electron chi connectivity index (χ0n) is 12.8. The Hall–Kier alpha value is -1.43. The molecule has 0 spiro atoms. The Morgan fingerprint density at radius 3 is 3.04 bits per heavy atom. The molecule has 3 rings (SSSR count). The number of carbonyl (C=O) groups excluding carboxylic acids is 1. The predicted octanol–water partition coefficient (Wildman–Crippen LogP) is 4.13. The first-order valence-corrected chi connectivity index (χ1v) is 8.71. The highest BCUT2D eigenvalue weighted by molar-refractivity contribution is 9.10. The summed E-state index contributed by atoms with van der Waals surface area (Å²) in [6.45, 7) is 5.11. The largest absolute Gasteiger partial charge is 0.319 e. The minimum Gasteiger partial charge on any atom is -0.319 e. The van der Waals surface area contributed by atoms with Crippen LogP contribution >= 0.6 is 27.5 Å². The number of anilines is 1. The van der Waals surface area contributed by atoms with Gasteiger partial charge in [-0.2, -0.15) is 0 Å². The van der Waals surface area contributed by atoms with Crippen LogP contribution in [0.3, 0.4) is 0 Å². The molecule has 1 aromatic heterocycles. The highest BCUT2D eigenvalue weighted by Crippen LogP contribution is 2.30. The van der Waals surface area contributed by atoms with Crippen molar-refractivity contribution in [2.75, 3.05) is 18.4 Å². The number of aromatic nitrogens is 1. The SMILES string of the molecule is CCN1CCc2cc(C(=O)Nc3cccc(Br)c3Cl)ncc2C1. The lowest BCUT2D eigenvalue weighted by Gasteiger charge is -2.27. The summed E-state index contributed by atoms with van der Waals surface area (Å²) in [5, 5.41) is 3.30. The Morgan fingerprint density at radius 2 is 2.26 bits per heavy atom. The number of benzene rings is 1. The molecule has 1 amide bonds. The molecular formula is C17H17BrClN3O. The number of amides is 1. The normalized spacial score (nSPS) is 14.4. The summed E-state index contributed by atoms with van der Waals surface area (Å²) in [5.41, 5.74) is 3.40. The van der Waals surface area contributed by atoms with E-state index in [4.69, 9.17) is 11.6 Å². The zero-order valence-corrected chi connectivity index (χ0v) is 15.1. The van der Waals surface area contributed by atoms with Crippen molar-refractivity contribution < 1.29 is 4.79 Å². The van der Waals surface area contributed by atoms with Crippen LogP contribution in [0.4, 0.5) is 5.69 Å². The molecule has 0 radical (unpaired) electrons. The van der Waals surface area contributed by atoms with Gasteiger partial charge in [-0.3, -0.25) is 14.7 Å². The summed E-state index contributed by atoms with van der Waals surface area (Å²) in [4.78, 5) is 19.1. The maximum absolute atomic E-state index is 12.4. The average Bonchev–Trinajstić information content (AvgIpc) is 2.58. The molecule has 1 N–H and O–H groups in total. The van der Waals surface area contributed by atoms with Gasteiger partial charge in [0, 0.05) is 23.8 Å². The molecule has 1 aliphatic rings. The van der Waals surface area contributed by atoms with E-state index >= 15 is 0 Å². The van der Waals surface area contributed by atoms with E-state index in [1.807, 2.05) is 24.4 Å². The Balaban J connectivity index is 1.80. The number of fused-ring (bicyclic) bond motifs is 1. The topological polar surface area (TPSA) is 45.2 Å². The summed E-state index contributed by atoms with van der Waals surface area (Å²) in [6, 6.07) is 7.31. The molecule has 2 aromatic rings. The van der Waals surface area contributed by atoms with Gasteiger partial charge < -0.3 is 5.32 Å². The third-order valence-electron chi connectivity index (χ3n) is 4.05. The molecule has 2 heterocycles. The fourth-order valence-corrected chi connectivity index (χ4v) is 3.22. The molecule has 0 atom stereocenters. The number of pyridine rings is 1. The number of carbonyl (C=O) groups is 1. The van der Waals surface area contributed by atoms with E-state index in [0.29, 0.717) is 16.4 Å². The summed E-state index contributed by atoms with van der Waals surface area (Å²) in [6.07, 6.45) is 2.76. The number of nitrogens with one attached hydrogen (secondary N) is 1. The highest BCUT2D eigenvalue weighted by Gasteiger charge is 2.18. The van der Waals surface area contributed by atoms with Gasteiger partial charge >= 0.3 is 0 Å². The van der Waals surface area contributed by atoms with Gasteiger partial charge in [-0.15, -0.1) is 0 Å². The molecule has 1 aliphatic heterocycles. The fourth-order valence-electron chi connectivity index (χ4n) is 2.68. The zero-order chi connectivity index (χ0) is 16.4. The van der Waals surface area contributed by atoms with Crippen LogP contribution in [0, 0.1) is 0 Å². The molecule has 1 aromatic carbocycles. The van der Waals surface area contributed by atoms with E-state index in [2.05, 4.69) is 38.1 Å². The van der Waals surface area contributed by atoms with Gasteiger partial charge in [0.1, 0.15) is 5.69 Å². The Morgan fingerprint density at radius 1 is 1.43 bits per heavy atom. The van der Waals surface area contributed by atoms with Crippen LogP contribution in [0.2, 0.25) is 5.02 Å². The van der Waals surface area contributed by atoms with Crippen LogP contribution in [0.25, 0.3) is 0 Å². The van der Waals surface area contributed by atoms with Gasteiger partial charge in [-0.1, -0.05) is 24.6 Å². The second-order valence-corrected chi connectivity index (χ2v) is 6.74. The van der Waals surface area contributed by atoms with Crippen molar-refractivity contribution >= 4 is 39.1 Å². The van der Waals surface area contributed by atoms with E-state index in [9.17, 15) is 4.79 Å². The molecule has 120 valence electrons. The van der Waals surface area contributed by atoms with Crippen LogP contribution in [0.1, 0.15) is 28.5 Å². The van der Waals surface area contributed by atoms with Crippen molar-refractivity contribution in [3.63, 3.8) is 0 Å². The molecule has 0 fully saturated rings. The van der Waals surface area contributed by atoms with Crippen molar-refractivity contribution in [1.29, 1.82) is 0 Å². The molecule has 0 saturated carbocycles. The number of likely N-dealkylation sites (N-methyl/N-ethyl adjacent to an activating group) is 1. The number of rotatable bonds is 3. The maximum Gasteiger partial charge on any atom is 0.274 e. The summed E-state index contributed by atoms with van der Waals surface area (Å²) in [5.74, 6) is -0.245. The molecule has 0 bridgehead atoms. The smallest absolute Gasteiger partial charge is 0.274 e. The molecule has 0 saturated heterocycles. The molecule has 0 unspecified atom stereocenters. The van der Waals surface area contributed by atoms with E-state index < -0.39 is 0 Å². The molecule has 4 nitrogen and oxygen atoms in total. The Labute approximate surface area is 149 Å². The van der Waals surface area contributed by atoms with Gasteiger partial charge in [0.15, 0.2) is 0 Å². The van der Waals surface area contributed by atoms with Crippen molar-refractivity contribution in [1.82, 2.24) is 9.88 Å². The second-order valence-electron chi connectivity index (χ2n) is 5.51. The van der Waals surface area contributed by atoms with Gasteiger partial charge in [0.05, 0.1) is 10.7 Å². The Bertz CT molecular complexity index is 751. The minimum absolute atomic E-state index is 0.245. The standard InChI is InChI=1S/C17H17BrClN3O/c1-2-22-7-6-11-8-15(20-9-12(11)10-22)17(23)21-14-5-3-4-13(18)16(14)19/h3-5,8-9H,2,6-7,10H2,1H3,(H,21,23). The number of halogens is 2. The highest BCUT2D eigenvalue weighted by atomic mass is 79.9. The van der Waals surface area contributed by atoms with Crippen LogP contribution in [0.5, 0.6) is 0 Å². The molecule has 0 aliphatic carbocycles. The van der Waals surface area contributed by atoms with Crippen molar-refractivity contribution in [3.05, 3.63) is 56.8 Å². The lowest BCUT2D eigenvalue weighted by Crippen LogP contribution is -2.30. The summed E-state index contributed by atoms with van der Waals surface area (Å²) < 4.78 is 0.745. The predicted molar refractivity (Wildman–Crippen MR) is 96.0 cm³/mol. The maximum atomic E-state index is 12.4. The number of hydrogen-bond acceptors (Lipinski definition) is 3. The number of hydrogen-bond donors (Lipinski definition) is 1. The van der Waals surface area contributed by atoms with Gasteiger partial charge in [0.2, 0.25) is 0 Å². The third kappa shape index (κ3) is 3.57. The summed E-state index contributed by atoms with van der Waals surface area (Å²) >= 11 is 9.53. The fraction of sp³-hybridized carbons (Fsp3) is 0.294. The third-order valence-corrected chi connectivity index (χ3v) is 5.35. The monoisotopic (exact) mass is 393 g/mol. The first-order chi connectivity index (χ1) is 11.1. The van der Waals surface area contributed by atoms with Crippen LogP contribution in [-0.2, 0) is 13.0 Å². The van der Waals surface area contributed by atoms with Crippen molar-refractivity contribution in [3.8, 4) is 0 Å². The summed E-state index contributed by atoms with van der Waals surface area (Å²) in [7, 11) is 0. The lowest BCUT2D eigenvalue weighted by molar-refractivity contribution is 0.102. The van der Waals surface area contributed by atoms with Crippen LogP contribution < -0.4 is 5.32 Å². The van der Waals surface area contributed by atoms with E-state index in [1.54, 1.807) is 6.07 Å². The lowest BCUT2D eigenvalue weighted by atomic mass is 10.0. The van der Waals surface area contributed by atoms with E-state index in [0.717, 1.165) is 30.5 Å². The molecule has 6 heteroatoms. The first kappa shape index (κ1) is 16.4. The molecule has 23 heavy (non-hydrogen) atoms. The minimum atomic E-state index is -0.245. The number of nitrogens with zero attached hydrogens (tertiary/aromatic N) is 2. The quantitative estimate of drug-likeness (QED) is 0.851. The Kier molecular flexibility index (Phi) is 4.99. The van der Waals surface area contributed by atoms with E-state index in [-0.39, 0.29) is 5.91 Å². The van der Waals surface area contributed by atoms with Gasteiger partial charge in [-0.25, -0.2) is 0 Å². The average molecular weight is 395 g/mol. The van der Waals surface area contributed by atoms with Crippen molar-refractivity contribution in [2.45, 2.75) is 19.9 Å². The van der Waals surface area contributed by atoms with Gasteiger partial charge in [-0.05, 0) is 58.2 Å². The van der Waals surface area contributed by atoms with Crippen LogP contribution in [0.15, 0.2) is 34.9 Å². The van der Waals surface area contributed by atoms with E-state index in [1.165, 1.54) is 11.1 Å².